The summed E-state index contributed by atoms with van der Waals surface area (Å²) < 4.78 is 4.80. The highest BCUT2D eigenvalue weighted by Gasteiger charge is 2.07. The number of thiocarbonyl (C=S) groups is 1. The number of hydrogen-bond acceptors (Lipinski definition) is 4. The van der Waals surface area contributed by atoms with Gasteiger partial charge in [0.15, 0.2) is 5.11 Å². The van der Waals surface area contributed by atoms with E-state index in [0.29, 0.717) is 11.3 Å². The molecule has 7 nitrogen and oxygen atoms in total. The molecule has 0 spiro atoms. The van der Waals surface area contributed by atoms with E-state index in [-0.39, 0.29) is 17.6 Å². The van der Waals surface area contributed by atoms with Gasteiger partial charge in [-0.2, -0.15) is 0 Å². The molecular weight excluding hydrogens is 388 g/mol. The van der Waals surface area contributed by atoms with Crippen molar-refractivity contribution in [2.45, 2.75) is 33.1 Å². The van der Waals surface area contributed by atoms with Crippen LogP contribution in [0.15, 0.2) is 48.5 Å². The number of amides is 2. The molecule has 2 amide bonds. The average molecular weight is 415 g/mol. The van der Waals surface area contributed by atoms with Crippen LogP contribution in [0.25, 0.3) is 0 Å². The molecule has 0 fully saturated rings. The molecule has 0 bridgehead atoms. The molecule has 0 saturated heterocycles. The van der Waals surface area contributed by atoms with E-state index in [9.17, 15) is 9.59 Å². The standard InChI is InChI=1S/C21H26N4O3S/c1-3-5-6-15-7-11-17(12-8-15)22-20(29)25-24-19(26)16-9-13-18(14-10-16)23-21(27)28-4-2/h7-14H,3-6H2,1-2H3,(H,23,27)(H,24,26)(H2,22,25,29). The van der Waals surface area contributed by atoms with Crippen LogP contribution in [-0.4, -0.2) is 23.7 Å². The highest BCUT2D eigenvalue weighted by Crippen LogP contribution is 2.12. The molecule has 0 aromatic heterocycles. The Hall–Kier alpha value is -3.13. The number of rotatable bonds is 7. The van der Waals surface area contributed by atoms with Crippen molar-refractivity contribution in [3.05, 3.63) is 59.7 Å². The van der Waals surface area contributed by atoms with E-state index < -0.39 is 6.09 Å². The maximum absolute atomic E-state index is 12.2. The van der Waals surface area contributed by atoms with E-state index in [1.54, 1.807) is 31.2 Å². The second kappa shape index (κ2) is 11.7. The van der Waals surface area contributed by atoms with Gasteiger partial charge in [-0.15, -0.1) is 0 Å². The molecule has 0 aliphatic rings. The van der Waals surface area contributed by atoms with Crippen LogP contribution in [0.4, 0.5) is 16.2 Å². The van der Waals surface area contributed by atoms with E-state index in [1.165, 1.54) is 18.4 Å². The molecule has 2 rings (SSSR count). The normalized spacial score (nSPS) is 10.0. The van der Waals surface area contributed by atoms with Gasteiger partial charge in [0, 0.05) is 16.9 Å². The summed E-state index contributed by atoms with van der Waals surface area (Å²) in [5, 5.41) is 5.86. The van der Waals surface area contributed by atoms with Crippen molar-refractivity contribution < 1.29 is 14.3 Å². The fourth-order valence-corrected chi connectivity index (χ4v) is 2.64. The molecule has 0 aliphatic carbocycles. The maximum Gasteiger partial charge on any atom is 0.411 e. The van der Waals surface area contributed by atoms with Crippen molar-refractivity contribution in [3.8, 4) is 0 Å². The Kier molecular flexibility index (Phi) is 8.91. The molecule has 154 valence electrons. The third-order valence-electron chi connectivity index (χ3n) is 3.99. The lowest BCUT2D eigenvalue weighted by atomic mass is 10.1. The summed E-state index contributed by atoms with van der Waals surface area (Å²) in [5.41, 5.74) is 8.28. The number of nitrogens with one attached hydrogen (secondary N) is 4. The summed E-state index contributed by atoms with van der Waals surface area (Å²) in [6.45, 7) is 4.18. The molecule has 29 heavy (non-hydrogen) atoms. The number of anilines is 2. The van der Waals surface area contributed by atoms with Crippen LogP contribution in [0, 0.1) is 0 Å². The minimum atomic E-state index is -0.541. The summed E-state index contributed by atoms with van der Waals surface area (Å²) in [6.07, 6.45) is 2.85. The van der Waals surface area contributed by atoms with Crippen LogP contribution in [0.3, 0.4) is 0 Å². The van der Waals surface area contributed by atoms with Crippen molar-refractivity contribution in [3.63, 3.8) is 0 Å². The summed E-state index contributed by atoms with van der Waals surface area (Å²) in [5.74, 6) is -0.355. The molecule has 0 heterocycles. The predicted molar refractivity (Wildman–Crippen MR) is 119 cm³/mol. The zero-order valence-electron chi connectivity index (χ0n) is 16.6. The van der Waals surface area contributed by atoms with Gasteiger partial charge in [-0.25, -0.2) is 4.79 Å². The van der Waals surface area contributed by atoms with Crippen LogP contribution < -0.4 is 21.5 Å². The van der Waals surface area contributed by atoms with Gasteiger partial charge < -0.3 is 10.1 Å². The Balaban J connectivity index is 1.79. The molecule has 0 unspecified atom stereocenters. The molecule has 2 aromatic rings. The highest BCUT2D eigenvalue weighted by atomic mass is 32.1. The molecular formula is C21H26N4O3S. The Labute approximate surface area is 176 Å². The number of benzene rings is 2. The molecule has 0 aliphatic heterocycles. The third-order valence-corrected chi connectivity index (χ3v) is 4.19. The highest BCUT2D eigenvalue weighted by molar-refractivity contribution is 7.80. The minimum absolute atomic E-state index is 0.278. The van der Waals surface area contributed by atoms with Gasteiger partial charge in [-0.1, -0.05) is 25.5 Å². The van der Waals surface area contributed by atoms with E-state index in [2.05, 4.69) is 40.5 Å². The van der Waals surface area contributed by atoms with Crippen molar-refractivity contribution in [1.29, 1.82) is 0 Å². The summed E-state index contributed by atoms with van der Waals surface area (Å²) in [6, 6.07) is 14.4. The zero-order valence-corrected chi connectivity index (χ0v) is 17.4. The first-order chi connectivity index (χ1) is 14.0. The average Bonchev–Trinajstić information content (AvgIpc) is 2.72. The topological polar surface area (TPSA) is 91.5 Å². The molecule has 2 aromatic carbocycles. The monoisotopic (exact) mass is 414 g/mol. The van der Waals surface area contributed by atoms with Gasteiger partial charge in [0.2, 0.25) is 0 Å². The maximum atomic E-state index is 12.2. The summed E-state index contributed by atoms with van der Waals surface area (Å²) >= 11 is 5.20. The first kappa shape index (κ1) is 22.2. The smallest absolute Gasteiger partial charge is 0.411 e. The molecule has 8 heteroatoms. The van der Waals surface area contributed by atoms with Crippen LogP contribution in [0.1, 0.15) is 42.6 Å². The van der Waals surface area contributed by atoms with E-state index >= 15 is 0 Å². The first-order valence-corrected chi connectivity index (χ1v) is 9.92. The number of carbonyl (C=O) groups excluding carboxylic acids is 2. The fraction of sp³-hybridized carbons (Fsp3) is 0.286. The lowest BCUT2D eigenvalue weighted by Crippen LogP contribution is -2.43. The SMILES string of the molecule is CCCCc1ccc(NC(=S)NNC(=O)c2ccc(NC(=O)OCC)cc2)cc1. The Bertz CT molecular complexity index is 823. The number of hydrogen-bond donors (Lipinski definition) is 4. The predicted octanol–water partition coefficient (Wildman–Crippen LogP) is 4.23. The van der Waals surface area contributed by atoms with Gasteiger partial charge >= 0.3 is 6.09 Å². The number of ether oxygens (including phenoxy) is 1. The van der Waals surface area contributed by atoms with Crippen molar-refractivity contribution in [2.24, 2.45) is 0 Å². The second-order valence-electron chi connectivity index (χ2n) is 6.26. The summed E-state index contributed by atoms with van der Waals surface area (Å²) in [4.78, 5) is 23.6. The zero-order chi connectivity index (χ0) is 21.1. The van der Waals surface area contributed by atoms with Crippen LogP contribution >= 0.6 is 12.2 Å². The van der Waals surface area contributed by atoms with Crippen molar-refractivity contribution in [1.82, 2.24) is 10.9 Å². The lowest BCUT2D eigenvalue weighted by molar-refractivity contribution is 0.0944. The molecule has 0 saturated carbocycles. The van der Waals surface area contributed by atoms with Crippen LogP contribution in [-0.2, 0) is 11.2 Å². The quantitative estimate of drug-likeness (QED) is 0.400. The molecule has 0 atom stereocenters. The molecule has 0 radical (unpaired) electrons. The van der Waals surface area contributed by atoms with Gasteiger partial charge in [-0.05, 0) is 73.9 Å². The molecule has 4 N–H and O–H groups in total. The Morgan fingerprint density at radius 1 is 0.897 bits per heavy atom. The van der Waals surface area contributed by atoms with E-state index in [1.807, 2.05) is 12.1 Å². The number of carbonyl (C=O) groups is 2. The lowest BCUT2D eigenvalue weighted by Gasteiger charge is -2.12. The van der Waals surface area contributed by atoms with Crippen LogP contribution in [0.5, 0.6) is 0 Å². The van der Waals surface area contributed by atoms with E-state index in [0.717, 1.165) is 12.1 Å². The third kappa shape index (κ3) is 7.79. The largest absolute Gasteiger partial charge is 0.450 e. The van der Waals surface area contributed by atoms with Gasteiger partial charge in [0.1, 0.15) is 0 Å². The minimum Gasteiger partial charge on any atom is -0.450 e. The van der Waals surface area contributed by atoms with Gasteiger partial charge in [0.05, 0.1) is 6.61 Å². The van der Waals surface area contributed by atoms with Gasteiger partial charge in [0.25, 0.3) is 5.91 Å². The van der Waals surface area contributed by atoms with Crippen molar-refractivity contribution >= 4 is 40.7 Å². The number of hydrazine groups is 1. The summed E-state index contributed by atoms with van der Waals surface area (Å²) in [7, 11) is 0. The van der Waals surface area contributed by atoms with Gasteiger partial charge in [-0.3, -0.25) is 21.0 Å². The van der Waals surface area contributed by atoms with Crippen LogP contribution in [0.2, 0.25) is 0 Å². The number of aryl methyl sites for hydroxylation is 1. The Morgan fingerprint density at radius 3 is 2.14 bits per heavy atom. The first-order valence-electron chi connectivity index (χ1n) is 9.52. The number of unbranched alkanes of at least 4 members (excludes halogenated alkanes) is 1. The Morgan fingerprint density at radius 2 is 1.52 bits per heavy atom. The van der Waals surface area contributed by atoms with E-state index in [4.69, 9.17) is 17.0 Å². The fourth-order valence-electron chi connectivity index (χ4n) is 2.47. The van der Waals surface area contributed by atoms with Crippen molar-refractivity contribution in [2.75, 3.05) is 17.2 Å². The second-order valence-corrected chi connectivity index (χ2v) is 6.66.